The highest BCUT2D eigenvalue weighted by molar-refractivity contribution is 5.77. The van der Waals surface area contributed by atoms with Gasteiger partial charge in [0.25, 0.3) is 0 Å². The molecule has 0 spiro atoms. The monoisotopic (exact) mass is 668 g/mol. The average Bonchev–Trinajstić information content (AvgIpc) is 3.00. The van der Waals surface area contributed by atoms with Crippen molar-refractivity contribution in [2.24, 2.45) is 39.6 Å². The van der Waals surface area contributed by atoms with Crippen LogP contribution in [0.5, 0.6) is 0 Å². The van der Waals surface area contributed by atoms with E-state index >= 15 is 0 Å². The Morgan fingerprint density at radius 3 is 2.07 bits per heavy atom. The van der Waals surface area contributed by atoms with Crippen molar-refractivity contribution in [1.29, 1.82) is 0 Å². The standard InChI is InChI=1S/C26H48N6O14/c1-10(2)15(29)23(40)44-20-13(9-41-14(34)5-6-27)43-25(46-24-18(37)17(36)16(35)12(8-33)42-24)19(38)21(20)45-22(39)11(28)4-3-7-32-26(30)31/h10-13,15-21,24-25,33,35-38H,3-9,27-29H2,1-2H3,(H4,30,31,32)/t11-,12+,13+,15-,16+,17-,18+,19+,20+,21+,24+,25+/m0/s1. The van der Waals surface area contributed by atoms with E-state index in [1.165, 1.54) is 0 Å². The fraction of sp³-hybridized carbons (Fsp3) is 0.846. The molecule has 0 aromatic rings. The lowest BCUT2D eigenvalue weighted by molar-refractivity contribution is -0.377. The predicted molar refractivity (Wildman–Crippen MR) is 155 cm³/mol. The molecule has 2 heterocycles. The van der Waals surface area contributed by atoms with Crippen LogP contribution in [0.4, 0.5) is 0 Å². The number of aliphatic hydroxyl groups is 5. The molecule has 0 aromatic heterocycles. The molecule has 2 aliphatic rings. The maximum absolute atomic E-state index is 13.1. The summed E-state index contributed by atoms with van der Waals surface area (Å²) >= 11 is 0. The molecule has 2 rings (SSSR count). The van der Waals surface area contributed by atoms with Gasteiger partial charge >= 0.3 is 17.9 Å². The zero-order valence-corrected chi connectivity index (χ0v) is 25.7. The van der Waals surface area contributed by atoms with Gasteiger partial charge in [-0.1, -0.05) is 13.8 Å². The summed E-state index contributed by atoms with van der Waals surface area (Å²) in [6.07, 6.45) is -17.3. The molecule has 266 valence electrons. The Bertz CT molecular complexity index is 1020. The Hall–Kier alpha value is -2.76. The second-order valence-corrected chi connectivity index (χ2v) is 11.2. The molecule has 12 atom stereocenters. The number of carbonyl (C=O) groups is 3. The van der Waals surface area contributed by atoms with Crippen molar-refractivity contribution < 1.29 is 68.3 Å². The number of hydrogen-bond donors (Lipinski definition) is 10. The number of carbonyl (C=O) groups excluding carboxylic acids is 3. The van der Waals surface area contributed by atoms with Gasteiger partial charge in [0.05, 0.1) is 13.0 Å². The van der Waals surface area contributed by atoms with Gasteiger partial charge in [0, 0.05) is 13.1 Å². The van der Waals surface area contributed by atoms with Crippen molar-refractivity contribution in [3.05, 3.63) is 0 Å². The van der Waals surface area contributed by atoms with Crippen molar-refractivity contribution in [2.75, 3.05) is 26.3 Å². The minimum absolute atomic E-state index is 0.0442. The van der Waals surface area contributed by atoms with E-state index in [0.29, 0.717) is 0 Å². The van der Waals surface area contributed by atoms with Gasteiger partial charge in [-0.15, -0.1) is 0 Å². The Morgan fingerprint density at radius 2 is 1.48 bits per heavy atom. The van der Waals surface area contributed by atoms with E-state index < -0.39 is 111 Å². The van der Waals surface area contributed by atoms with E-state index in [1.807, 2.05) is 0 Å². The highest BCUT2D eigenvalue weighted by Gasteiger charge is 2.54. The molecule has 0 aromatic carbocycles. The van der Waals surface area contributed by atoms with Crippen LogP contribution in [0.15, 0.2) is 4.99 Å². The van der Waals surface area contributed by atoms with Crippen molar-refractivity contribution in [3.63, 3.8) is 0 Å². The van der Waals surface area contributed by atoms with Crippen LogP contribution in [0.3, 0.4) is 0 Å². The minimum atomic E-state index is -1.99. The third-order valence-electron chi connectivity index (χ3n) is 7.25. The molecule has 0 radical (unpaired) electrons. The first kappa shape index (κ1) is 39.4. The maximum atomic E-state index is 13.1. The van der Waals surface area contributed by atoms with Gasteiger partial charge in [0.15, 0.2) is 30.7 Å². The summed E-state index contributed by atoms with van der Waals surface area (Å²) in [7, 11) is 0. The van der Waals surface area contributed by atoms with Crippen LogP contribution < -0.4 is 28.7 Å². The zero-order valence-electron chi connectivity index (χ0n) is 25.7. The Labute approximate surface area is 265 Å². The summed E-state index contributed by atoms with van der Waals surface area (Å²) in [6, 6.07) is -2.42. The topological polar surface area (TPSA) is 350 Å². The van der Waals surface area contributed by atoms with Crippen molar-refractivity contribution in [3.8, 4) is 0 Å². The van der Waals surface area contributed by atoms with Gasteiger partial charge < -0.3 is 82.6 Å². The molecule has 0 bridgehead atoms. The van der Waals surface area contributed by atoms with Gasteiger partial charge in [-0.05, 0) is 18.8 Å². The van der Waals surface area contributed by atoms with Crippen molar-refractivity contribution in [2.45, 2.75) is 107 Å². The van der Waals surface area contributed by atoms with E-state index in [9.17, 15) is 39.9 Å². The van der Waals surface area contributed by atoms with Crippen LogP contribution in [0.1, 0.15) is 33.1 Å². The van der Waals surface area contributed by atoms with Gasteiger partial charge in [0.1, 0.15) is 55.3 Å². The number of aliphatic hydroxyl groups excluding tert-OH is 5. The lowest BCUT2D eigenvalue weighted by Gasteiger charge is -2.46. The average molecular weight is 669 g/mol. The summed E-state index contributed by atoms with van der Waals surface area (Å²) < 4.78 is 33.0. The smallest absolute Gasteiger partial charge is 0.323 e. The van der Waals surface area contributed by atoms with Gasteiger partial charge in [0.2, 0.25) is 0 Å². The summed E-state index contributed by atoms with van der Waals surface area (Å²) in [6.45, 7) is 1.99. The first-order valence-electron chi connectivity index (χ1n) is 14.8. The van der Waals surface area contributed by atoms with Crippen LogP contribution in [0, 0.1) is 5.92 Å². The van der Waals surface area contributed by atoms with Gasteiger partial charge in [-0.3, -0.25) is 19.4 Å². The SMILES string of the molecule is CC(C)[C@H](N)C(=O)O[C@H]1[C@H](OC(=O)[C@@H](N)CCCN=C(N)N)[C@@H](O)[C@@H](O[C@H]2O[C@H](CO)[C@@H](O)[C@H](O)[C@H]2O)O[C@@H]1COC(=O)CCN. The highest BCUT2D eigenvalue weighted by atomic mass is 16.8. The molecule has 0 unspecified atom stereocenters. The molecule has 15 N–H and O–H groups in total. The summed E-state index contributed by atoms with van der Waals surface area (Å²) in [5, 5.41) is 51.6. The van der Waals surface area contributed by atoms with Gasteiger partial charge in [-0.25, -0.2) is 0 Å². The third kappa shape index (κ3) is 10.9. The number of rotatable bonds is 16. The third-order valence-corrected chi connectivity index (χ3v) is 7.25. The number of aliphatic imine (C=N–C) groups is 1. The van der Waals surface area contributed by atoms with Crippen LogP contribution in [-0.2, 0) is 42.8 Å². The molecule has 2 saturated heterocycles. The Morgan fingerprint density at radius 1 is 0.870 bits per heavy atom. The van der Waals surface area contributed by atoms with Crippen LogP contribution in [0.25, 0.3) is 0 Å². The predicted octanol–water partition coefficient (Wildman–Crippen LogP) is -6.03. The number of nitrogens with two attached hydrogens (primary N) is 5. The highest BCUT2D eigenvalue weighted by Crippen LogP contribution is 2.31. The molecule has 20 heteroatoms. The summed E-state index contributed by atoms with van der Waals surface area (Å²) in [4.78, 5) is 42.0. The van der Waals surface area contributed by atoms with Crippen molar-refractivity contribution in [1.82, 2.24) is 0 Å². The molecular formula is C26H48N6O14. The van der Waals surface area contributed by atoms with E-state index in [4.69, 9.17) is 57.1 Å². The Kier molecular flexibility index (Phi) is 15.9. The summed E-state index contributed by atoms with van der Waals surface area (Å²) in [5.74, 6) is -3.33. The van der Waals surface area contributed by atoms with Crippen LogP contribution in [0.2, 0.25) is 0 Å². The first-order chi connectivity index (χ1) is 21.6. The second kappa shape index (κ2) is 18.5. The second-order valence-electron chi connectivity index (χ2n) is 11.2. The lowest BCUT2D eigenvalue weighted by Crippen LogP contribution is -2.65. The Balaban J connectivity index is 2.42. The molecule has 2 aliphatic heterocycles. The molecule has 0 saturated carbocycles. The number of guanidine groups is 1. The molecule has 20 nitrogen and oxygen atoms in total. The fourth-order valence-electron chi connectivity index (χ4n) is 4.44. The van der Waals surface area contributed by atoms with E-state index in [0.717, 1.165) is 0 Å². The number of ether oxygens (including phenoxy) is 6. The van der Waals surface area contributed by atoms with E-state index in [2.05, 4.69) is 4.99 Å². The normalized spacial score (nSPS) is 32.7. The fourth-order valence-corrected chi connectivity index (χ4v) is 4.44. The summed E-state index contributed by atoms with van der Waals surface area (Å²) in [5.41, 5.74) is 27.9. The zero-order chi connectivity index (χ0) is 34.7. The molecule has 0 aliphatic carbocycles. The number of nitrogens with zero attached hydrogens (tertiary/aromatic N) is 1. The number of esters is 3. The van der Waals surface area contributed by atoms with Crippen LogP contribution >= 0.6 is 0 Å². The van der Waals surface area contributed by atoms with E-state index in [1.54, 1.807) is 13.8 Å². The molecule has 2 fully saturated rings. The minimum Gasteiger partial charge on any atom is -0.463 e. The van der Waals surface area contributed by atoms with Crippen LogP contribution in [-0.4, -0.2) is 149 Å². The van der Waals surface area contributed by atoms with Gasteiger partial charge in [-0.2, -0.15) is 0 Å². The largest absolute Gasteiger partial charge is 0.463 e. The molecular weight excluding hydrogens is 620 g/mol. The first-order valence-corrected chi connectivity index (χ1v) is 14.8. The quantitative estimate of drug-likeness (QED) is 0.0240. The van der Waals surface area contributed by atoms with E-state index in [-0.39, 0.29) is 38.3 Å². The van der Waals surface area contributed by atoms with Crippen molar-refractivity contribution >= 4 is 23.9 Å². The molecule has 0 amide bonds. The maximum Gasteiger partial charge on any atom is 0.323 e. The number of hydrogen-bond acceptors (Lipinski definition) is 18. The molecule has 46 heavy (non-hydrogen) atoms. The lowest BCUT2D eigenvalue weighted by atomic mass is 9.97.